The molecule has 7 heteroatoms. The Kier molecular flexibility index (Phi) is 3.83. The van der Waals surface area contributed by atoms with Crippen LogP contribution >= 0.6 is 15.9 Å². The van der Waals surface area contributed by atoms with E-state index in [9.17, 15) is 4.79 Å². The van der Waals surface area contributed by atoms with Gasteiger partial charge in [0.25, 0.3) is 5.91 Å². The Labute approximate surface area is 142 Å². The molecule has 0 aliphatic heterocycles. The van der Waals surface area contributed by atoms with E-state index in [-0.39, 0.29) is 11.9 Å². The Morgan fingerprint density at radius 1 is 1.35 bits per heavy atom. The van der Waals surface area contributed by atoms with E-state index in [0.29, 0.717) is 15.9 Å². The predicted molar refractivity (Wildman–Crippen MR) is 92.9 cm³/mol. The molecule has 0 fully saturated rings. The molecule has 0 radical (unpaired) electrons. The Balaban J connectivity index is 1.95. The third-order valence-electron chi connectivity index (χ3n) is 3.99. The van der Waals surface area contributed by atoms with Gasteiger partial charge in [0.05, 0.1) is 22.6 Å². The number of furan rings is 1. The third-order valence-corrected chi connectivity index (χ3v) is 4.38. The van der Waals surface area contributed by atoms with E-state index in [0.717, 1.165) is 22.6 Å². The van der Waals surface area contributed by atoms with Crippen molar-refractivity contribution in [2.75, 3.05) is 5.32 Å². The first-order valence-corrected chi connectivity index (χ1v) is 8.20. The van der Waals surface area contributed by atoms with Crippen LogP contribution in [0.3, 0.4) is 0 Å². The topological polar surface area (TPSA) is 65.0 Å². The number of amides is 1. The molecular formula is C16H19BrN4O2. The number of hydrogen-bond donors (Lipinski definition) is 1. The molecule has 0 aliphatic rings. The minimum absolute atomic E-state index is 0.176. The number of nitrogens with zero attached hydrogens (tertiary/aromatic N) is 3. The lowest BCUT2D eigenvalue weighted by Crippen LogP contribution is -2.16. The molecule has 0 spiro atoms. The molecule has 0 aromatic carbocycles. The summed E-state index contributed by atoms with van der Waals surface area (Å²) >= 11 is 3.30. The molecule has 3 heterocycles. The number of anilines is 1. The van der Waals surface area contributed by atoms with Crippen molar-refractivity contribution in [1.82, 2.24) is 14.3 Å². The second-order valence-electron chi connectivity index (χ2n) is 5.93. The van der Waals surface area contributed by atoms with Gasteiger partial charge in [-0.3, -0.25) is 9.48 Å². The average molecular weight is 379 g/mol. The molecule has 1 N–H and O–H groups in total. The van der Waals surface area contributed by atoms with Crippen molar-refractivity contribution < 1.29 is 9.21 Å². The maximum absolute atomic E-state index is 12.6. The molecule has 0 bridgehead atoms. The van der Waals surface area contributed by atoms with Gasteiger partial charge >= 0.3 is 0 Å². The van der Waals surface area contributed by atoms with Crippen molar-refractivity contribution >= 4 is 38.6 Å². The molecule has 3 aromatic heterocycles. The zero-order valence-corrected chi connectivity index (χ0v) is 15.4. The summed E-state index contributed by atoms with van der Waals surface area (Å²) in [7, 11) is 1.84. The van der Waals surface area contributed by atoms with E-state index >= 15 is 0 Å². The molecule has 0 unspecified atom stereocenters. The van der Waals surface area contributed by atoms with Crippen molar-refractivity contribution in [2.24, 2.45) is 7.05 Å². The first-order valence-electron chi connectivity index (χ1n) is 7.41. The Hall–Kier alpha value is -2.02. The SMILES string of the molecule is Cc1nn(C(C)C)c(C)c1NC(=O)c1cc2oc(Br)cc2n1C. The molecule has 23 heavy (non-hydrogen) atoms. The number of aryl methyl sites for hydroxylation is 2. The van der Waals surface area contributed by atoms with E-state index in [2.05, 4.69) is 40.2 Å². The van der Waals surface area contributed by atoms with Crippen molar-refractivity contribution in [2.45, 2.75) is 33.7 Å². The average Bonchev–Trinajstić information content (AvgIpc) is 3.07. The molecule has 3 aromatic rings. The lowest BCUT2D eigenvalue weighted by atomic mass is 10.3. The van der Waals surface area contributed by atoms with E-state index in [1.165, 1.54) is 0 Å². The number of nitrogens with one attached hydrogen (secondary N) is 1. The smallest absolute Gasteiger partial charge is 0.272 e. The van der Waals surface area contributed by atoms with Gasteiger partial charge in [-0.05, 0) is 43.6 Å². The fourth-order valence-corrected chi connectivity index (χ4v) is 3.21. The Bertz CT molecular complexity index is 901. The first kappa shape index (κ1) is 15.9. The quantitative estimate of drug-likeness (QED) is 0.743. The van der Waals surface area contributed by atoms with Crippen LogP contribution in [0.4, 0.5) is 5.69 Å². The standard InChI is InChI=1S/C16H19BrN4O2/c1-8(2)21-10(4)15(9(3)19-21)18-16(22)12-6-13-11(20(12)5)7-14(17)23-13/h6-8H,1-5H3,(H,18,22). The minimum Gasteiger partial charge on any atom is -0.448 e. The molecule has 122 valence electrons. The second kappa shape index (κ2) is 5.56. The summed E-state index contributed by atoms with van der Waals surface area (Å²) in [5.41, 5.74) is 4.62. The third kappa shape index (κ3) is 2.59. The summed E-state index contributed by atoms with van der Waals surface area (Å²) in [5.74, 6) is -0.176. The maximum atomic E-state index is 12.6. The van der Waals surface area contributed by atoms with Gasteiger partial charge in [0.1, 0.15) is 5.69 Å². The number of fused-ring (bicyclic) bond motifs is 1. The Morgan fingerprint density at radius 2 is 2.04 bits per heavy atom. The van der Waals surface area contributed by atoms with Crippen LogP contribution in [0.25, 0.3) is 11.1 Å². The number of carbonyl (C=O) groups is 1. The van der Waals surface area contributed by atoms with E-state index in [1.807, 2.05) is 36.2 Å². The number of aromatic nitrogens is 3. The van der Waals surface area contributed by atoms with Gasteiger partial charge in [0, 0.05) is 25.2 Å². The highest BCUT2D eigenvalue weighted by atomic mass is 79.9. The van der Waals surface area contributed by atoms with Crippen LogP contribution in [0, 0.1) is 13.8 Å². The van der Waals surface area contributed by atoms with Gasteiger partial charge in [-0.25, -0.2) is 0 Å². The molecule has 3 rings (SSSR count). The fraction of sp³-hybridized carbons (Fsp3) is 0.375. The first-order chi connectivity index (χ1) is 10.8. The van der Waals surface area contributed by atoms with Crippen molar-refractivity contribution in [3.63, 3.8) is 0 Å². The summed E-state index contributed by atoms with van der Waals surface area (Å²) in [6, 6.07) is 3.83. The van der Waals surface area contributed by atoms with Gasteiger partial charge in [0.2, 0.25) is 0 Å². The van der Waals surface area contributed by atoms with Crippen LogP contribution in [0.2, 0.25) is 0 Å². The highest BCUT2D eigenvalue weighted by molar-refractivity contribution is 9.10. The van der Waals surface area contributed by atoms with Crippen LogP contribution in [-0.2, 0) is 7.05 Å². The summed E-state index contributed by atoms with van der Waals surface area (Å²) in [5, 5.41) is 7.47. The summed E-state index contributed by atoms with van der Waals surface area (Å²) in [6.07, 6.45) is 0. The highest BCUT2D eigenvalue weighted by Crippen LogP contribution is 2.27. The summed E-state index contributed by atoms with van der Waals surface area (Å²) in [4.78, 5) is 12.6. The maximum Gasteiger partial charge on any atom is 0.272 e. The Morgan fingerprint density at radius 3 is 2.61 bits per heavy atom. The molecule has 6 nitrogen and oxygen atoms in total. The van der Waals surface area contributed by atoms with Crippen molar-refractivity contribution in [3.05, 3.63) is 33.9 Å². The number of carbonyl (C=O) groups excluding carboxylic acids is 1. The molecule has 1 amide bonds. The number of rotatable bonds is 3. The minimum atomic E-state index is -0.176. The molecule has 0 saturated carbocycles. The monoisotopic (exact) mass is 378 g/mol. The fourth-order valence-electron chi connectivity index (χ4n) is 2.82. The largest absolute Gasteiger partial charge is 0.448 e. The molecule has 0 atom stereocenters. The van der Waals surface area contributed by atoms with Gasteiger partial charge in [-0.15, -0.1) is 0 Å². The zero-order chi connectivity index (χ0) is 16.9. The molecule has 0 aliphatic carbocycles. The van der Waals surface area contributed by atoms with Gasteiger partial charge in [-0.1, -0.05) is 0 Å². The second-order valence-corrected chi connectivity index (χ2v) is 6.71. The summed E-state index contributed by atoms with van der Waals surface area (Å²) in [6.45, 7) is 7.99. The van der Waals surface area contributed by atoms with E-state index in [4.69, 9.17) is 4.42 Å². The van der Waals surface area contributed by atoms with Crippen LogP contribution in [0.15, 0.2) is 21.2 Å². The van der Waals surface area contributed by atoms with Crippen LogP contribution < -0.4 is 5.32 Å². The predicted octanol–water partition coefficient (Wildman–Crippen LogP) is 4.18. The van der Waals surface area contributed by atoms with Gasteiger partial charge < -0.3 is 14.3 Å². The number of hydrogen-bond acceptors (Lipinski definition) is 3. The highest BCUT2D eigenvalue weighted by Gasteiger charge is 2.20. The van der Waals surface area contributed by atoms with Crippen LogP contribution in [0.1, 0.15) is 41.8 Å². The molecular weight excluding hydrogens is 360 g/mol. The van der Waals surface area contributed by atoms with Crippen LogP contribution in [0.5, 0.6) is 0 Å². The normalized spacial score (nSPS) is 11.6. The van der Waals surface area contributed by atoms with E-state index in [1.54, 1.807) is 6.07 Å². The van der Waals surface area contributed by atoms with Gasteiger partial charge in [-0.2, -0.15) is 5.10 Å². The lowest BCUT2D eigenvalue weighted by Gasteiger charge is -2.09. The number of halogens is 1. The van der Waals surface area contributed by atoms with Crippen molar-refractivity contribution in [3.8, 4) is 0 Å². The van der Waals surface area contributed by atoms with E-state index < -0.39 is 0 Å². The van der Waals surface area contributed by atoms with Crippen molar-refractivity contribution in [1.29, 1.82) is 0 Å². The summed E-state index contributed by atoms with van der Waals surface area (Å²) < 4.78 is 9.89. The van der Waals surface area contributed by atoms with Gasteiger partial charge in [0.15, 0.2) is 10.3 Å². The zero-order valence-electron chi connectivity index (χ0n) is 13.8. The molecule has 0 saturated heterocycles. The van der Waals surface area contributed by atoms with Crippen LogP contribution in [-0.4, -0.2) is 20.3 Å². The lowest BCUT2D eigenvalue weighted by molar-refractivity contribution is 0.101.